The second-order valence-electron chi connectivity index (χ2n) is 13.4. The van der Waals surface area contributed by atoms with Crippen LogP contribution in [0.2, 0.25) is 25.7 Å². The van der Waals surface area contributed by atoms with Gasteiger partial charge in [0.2, 0.25) is 5.92 Å². The molecule has 0 spiro atoms. The predicted octanol–water partition coefficient (Wildman–Crippen LogP) is 6.46. The zero-order chi connectivity index (χ0) is 27.9. The molecular formula is C28H46F2N4O2SSi. The molecule has 4 atom stereocenters. The van der Waals surface area contributed by atoms with Crippen molar-refractivity contribution in [2.45, 2.75) is 114 Å². The minimum absolute atomic E-state index is 0.0227. The Balaban J connectivity index is 1.77. The molecule has 1 aromatic carbocycles. The number of alkyl halides is 2. The second kappa shape index (κ2) is 11.3. The molecule has 0 bridgehead atoms. The van der Waals surface area contributed by atoms with Gasteiger partial charge in [0.25, 0.3) is 0 Å². The standard InChI is InChI=1S/C28H46F2N4O2SSi/c1-27(2,37(32)35)17-22(21-7-6-12-28(29,30)16-21)26-33-23-11-10-20(25(31)19-8-9-19)15-24(23)34(26)18-36-13-14-38(3,4)5/h10-11,15,19,21-22,25H,6-9,12-14,16-18,31-32H2,1-5H3/t21-,22+,25-,37?/m1/s1. The smallest absolute Gasteiger partial charge is 0.248 e. The SMILES string of the molecule is CC(C)(C[C@H](c1nc2ccc([C@H](N)C3CC3)cc2n1COCC[Si](C)(C)C)[C@@H]1CCCC(F)(F)C1)S(N)=O. The number of nitrogens with two attached hydrogens (primary N) is 2. The van der Waals surface area contributed by atoms with E-state index in [9.17, 15) is 13.0 Å². The van der Waals surface area contributed by atoms with Crippen LogP contribution in [0.25, 0.3) is 11.0 Å². The van der Waals surface area contributed by atoms with E-state index in [0.717, 1.165) is 41.3 Å². The van der Waals surface area contributed by atoms with Gasteiger partial charge in [-0.15, -0.1) is 0 Å². The summed E-state index contributed by atoms with van der Waals surface area (Å²) in [4.78, 5) is 5.03. The van der Waals surface area contributed by atoms with E-state index < -0.39 is 29.7 Å². The summed E-state index contributed by atoms with van der Waals surface area (Å²) in [5.41, 5.74) is 9.34. The molecule has 1 unspecified atom stereocenters. The molecule has 214 valence electrons. The van der Waals surface area contributed by atoms with Gasteiger partial charge in [-0.3, -0.25) is 5.14 Å². The Morgan fingerprint density at radius 2 is 1.95 bits per heavy atom. The fourth-order valence-electron chi connectivity index (χ4n) is 5.68. The number of halogens is 2. The monoisotopic (exact) mass is 568 g/mol. The number of fused-ring (bicyclic) bond motifs is 1. The van der Waals surface area contributed by atoms with Crippen LogP contribution in [0.1, 0.15) is 82.1 Å². The van der Waals surface area contributed by atoms with Crippen LogP contribution in [0.3, 0.4) is 0 Å². The van der Waals surface area contributed by atoms with E-state index >= 15 is 0 Å². The molecule has 2 aliphatic carbocycles. The summed E-state index contributed by atoms with van der Waals surface area (Å²) in [6, 6.07) is 7.15. The lowest BCUT2D eigenvalue weighted by atomic mass is 9.74. The molecule has 0 aliphatic heterocycles. The average Bonchev–Trinajstić information content (AvgIpc) is 3.60. The number of imidazole rings is 1. The molecule has 6 nitrogen and oxygen atoms in total. The molecular weight excluding hydrogens is 522 g/mol. The largest absolute Gasteiger partial charge is 0.361 e. The van der Waals surface area contributed by atoms with Crippen molar-refractivity contribution in [1.29, 1.82) is 0 Å². The van der Waals surface area contributed by atoms with Gasteiger partial charge in [-0.25, -0.2) is 18.0 Å². The molecule has 2 aromatic rings. The second-order valence-corrected chi connectivity index (χ2v) is 20.8. The maximum absolute atomic E-state index is 14.7. The van der Waals surface area contributed by atoms with E-state index in [-0.39, 0.29) is 30.7 Å². The fraction of sp³-hybridized carbons (Fsp3) is 0.750. The van der Waals surface area contributed by atoms with Crippen molar-refractivity contribution < 1.29 is 17.7 Å². The molecule has 0 amide bonds. The quantitative estimate of drug-likeness (QED) is 0.227. The average molecular weight is 569 g/mol. The lowest BCUT2D eigenvalue weighted by molar-refractivity contribution is -0.0581. The van der Waals surface area contributed by atoms with E-state index in [1.807, 2.05) is 26.0 Å². The molecule has 1 aromatic heterocycles. The lowest BCUT2D eigenvalue weighted by Crippen LogP contribution is -2.38. The lowest BCUT2D eigenvalue weighted by Gasteiger charge is -2.37. The third-order valence-corrected chi connectivity index (χ3v) is 11.3. The van der Waals surface area contributed by atoms with E-state index in [0.29, 0.717) is 38.5 Å². The van der Waals surface area contributed by atoms with Crippen LogP contribution in [0.4, 0.5) is 8.78 Å². The third kappa shape index (κ3) is 7.30. The Morgan fingerprint density at radius 1 is 1.24 bits per heavy atom. The van der Waals surface area contributed by atoms with E-state index in [1.165, 1.54) is 0 Å². The number of nitrogens with zero attached hydrogens (tertiary/aromatic N) is 2. The van der Waals surface area contributed by atoms with E-state index in [2.05, 4.69) is 30.3 Å². The van der Waals surface area contributed by atoms with Crippen LogP contribution in [0, 0.1) is 11.8 Å². The van der Waals surface area contributed by atoms with Crippen LogP contribution < -0.4 is 10.9 Å². The Hall–Kier alpha value is -1.20. The van der Waals surface area contributed by atoms with Gasteiger partial charge in [0.1, 0.15) is 12.6 Å². The molecule has 0 saturated heterocycles. The van der Waals surface area contributed by atoms with Crippen molar-refractivity contribution in [1.82, 2.24) is 9.55 Å². The third-order valence-electron chi connectivity index (χ3n) is 8.37. The maximum Gasteiger partial charge on any atom is 0.248 e. The van der Waals surface area contributed by atoms with Gasteiger partial charge in [-0.1, -0.05) is 25.7 Å². The summed E-state index contributed by atoms with van der Waals surface area (Å²) in [7, 11) is -2.89. The molecule has 10 heteroatoms. The van der Waals surface area contributed by atoms with Gasteiger partial charge < -0.3 is 15.0 Å². The number of rotatable bonds is 12. The van der Waals surface area contributed by atoms with Gasteiger partial charge in [0, 0.05) is 39.5 Å². The van der Waals surface area contributed by atoms with Gasteiger partial charge in [0.15, 0.2) is 0 Å². The van der Waals surface area contributed by atoms with Crippen molar-refractivity contribution in [3.8, 4) is 0 Å². The first-order valence-electron chi connectivity index (χ1n) is 14.0. The first kappa shape index (κ1) is 29.8. The molecule has 38 heavy (non-hydrogen) atoms. The maximum atomic E-state index is 14.7. The van der Waals surface area contributed by atoms with Crippen molar-refractivity contribution >= 4 is 30.1 Å². The number of hydrogen-bond acceptors (Lipinski definition) is 4. The van der Waals surface area contributed by atoms with Gasteiger partial charge >= 0.3 is 0 Å². The minimum Gasteiger partial charge on any atom is -0.361 e. The van der Waals surface area contributed by atoms with Crippen LogP contribution in [0.5, 0.6) is 0 Å². The van der Waals surface area contributed by atoms with Gasteiger partial charge in [-0.05, 0) is 81.5 Å². The zero-order valence-electron chi connectivity index (χ0n) is 23.6. The number of aromatic nitrogens is 2. The first-order chi connectivity index (χ1) is 17.7. The summed E-state index contributed by atoms with van der Waals surface area (Å²) >= 11 is 0. The van der Waals surface area contributed by atoms with Gasteiger partial charge in [0.05, 0.1) is 26.8 Å². The fourth-order valence-corrected chi connectivity index (χ4v) is 6.78. The summed E-state index contributed by atoms with van der Waals surface area (Å²) in [6.45, 7) is 11.6. The summed E-state index contributed by atoms with van der Waals surface area (Å²) < 4.78 is 49.3. The molecule has 2 aliphatic rings. The highest BCUT2D eigenvalue weighted by atomic mass is 32.2. The van der Waals surface area contributed by atoms with Crippen molar-refractivity contribution in [2.75, 3.05) is 6.61 Å². The Labute approximate surface area is 229 Å². The number of ether oxygens (including phenoxy) is 1. The number of hydrogen-bond donors (Lipinski definition) is 2. The molecule has 2 saturated carbocycles. The normalized spacial score (nSPS) is 22.9. The highest BCUT2D eigenvalue weighted by Crippen LogP contribution is 2.47. The summed E-state index contributed by atoms with van der Waals surface area (Å²) in [5, 5.41) is 5.88. The Morgan fingerprint density at radius 3 is 2.55 bits per heavy atom. The van der Waals surface area contributed by atoms with E-state index in [1.54, 1.807) is 0 Å². The topological polar surface area (TPSA) is 96.2 Å². The predicted molar refractivity (Wildman–Crippen MR) is 154 cm³/mol. The zero-order valence-corrected chi connectivity index (χ0v) is 25.5. The van der Waals surface area contributed by atoms with Crippen LogP contribution in [-0.4, -0.2) is 39.1 Å². The first-order valence-corrected chi connectivity index (χ1v) is 19.0. The molecule has 1 heterocycles. The Bertz CT molecular complexity index is 1150. The molecule has 2 fully saturated rings. The highest BCUT2D eigenvalue weighted by molar-refractivity contribution is 7.84. The van der Waals surface area contributed by atoms with Crippen molar-refractivity contribution in [3.63, 3.8) is 0 Å². The van der Waals surface area contributed by atoms with E-state index in [4.69, 9.17) is 20.6 Å². The molecule has 4 rings (SSSR count). The molecule has 0 radical (unpaired) electrons. The van der Waals surface area contributed by atoms with Crippen LogP contribution in [0.15, 0.2) is 18.2 Å². The van der Waals surface area contributed by atoms with Crippen LogP contribution in [-0.2, 0) is 22.5 Å². The van der Waals surface area contributed by atoms with Gasteiger partial charge in [-0.2, -0.15) is 0 Å². The summed E-state index contributed by atoms with van der Waals surface area (Å²) in [6.07, 6.45) is 3.57. The molecule has 4 N–H and O–H groups in total. The van der Waals surface area contributed by atoms with Crippen molar-refractivity contribution in [2.24, 2.45) is 22.7 Å². The number of benzene rings is 1. The van der Waals surface area contributed by atoms with Crippen molar-refractivity contribution in [3.05, 3.63) is 29.6 Å². The minimum atomic E-state index is -2.71. The Kier molecular flexibility index (Phi) is 8.89. The van der Waals surface area contributed by atoms with Crippen LogP contribution >= 0.6 is 0 Å². The highest BCUT2D eigenvalue weighted by Gasteiger charge is 2.43. The summed E-state index contributed by atoms with van der Waals surface area (Å²) in [5.74, 6) is -2.08.